The maximum absolute atomic E-state index is 9.11. The van der Waals surface area contributed by atoms with Gasteiger partial charge in [-0.1, -0.05) is 157 Å². The number of hydrogen-bond acceptors (Lipinski definition) is 1. The fraction of sp³-hybridized carbons (Fsp3) is 0. The lowest BCUT2D eigenvalue weighted by Crippen LogP contribution is -1.98. The first-order chi connectivity index (χ1) is 30.4. The molecule has 10 aromatic carbocycles. The third-order valence-electron chi connectivity index (χ3n) is 10.4. The van der Waals surface area contributed by atoms with Gasteiger partial charge in [0.05, 0.1) is 13.7 Å². The normalized spacial score (nSPS) is 14.6. The highest BCUT2D eigenvalue weighted by Crippen LogP contribution is 2.50. The van der Waals surface area contributed by atoms with E-state index in [4.69, 9.17) is 18.4 Å². The van der Waals surface area contributed by atoms with Crippen molar-refractivity contribution < 1.29 is 18.4 Å². The van der Waals surface area contributed by atoms with Crippen LogP contribution in [0.25, 0.3) is 98.7 Å². The molecule has 1 heteroatoms. The van der Waals surface area contributed by atoms with Gasteiger partial charge in [-0.3, -0.25) is 0 Å². The average molecular weight is 683 g/mol. The fourth-order valence-corrected chi connectivity index (χ4v) is 8.10. The molecule has 0 aromatic heterocycles. The summed E-state index contributed by atoms with van der Waals surface area (Å²) in [7, 11) is 0. The van der Waals surface area contributed by atoms with Crippen LogP contribution in [0.2, 0.25) is 0 Å². The Labute approximate surface area is 322 Å². The molecule has 0 atom stereocenters. The van der Waals surface area contributed by atoms with E-state index in [1.54, 1.807) is 12.1 Å². The van der Waals surface area contributed by atoms with Crippen molar-refractivity contribution in [2.75, 3.05) is 0 Å². The minimum absolute atomic E-state index is 0.118. The molecular weight excluding hydrogens is 641 g/mol. The van der Waals surface area contributed by atoms with Crippen LogP contribution in [0.3, 0.4) is 0 Å². The van der Waals surface area contributed by atoms with Crippen LogP contribution in [0.15, 0.2) is 194 Å². The standard InChI is InChI=1S/C52H32O/c1-3-13-33(14-4-1)37-26-28-47-45(31-37)46-32-40(30-39-20-12-24-48(53-47)50(39)46)36-18-11-19-38(29-36)49-42-22-9-10-23-43(42)51(35-16-5-2-6-17-35)52-41-21-8-7-15-34(41)25-27-44(49)52/h1-32H/i1D,2D,3D,4D,5D,6D,13D,14D,16D,17D. The van der Waals surface area contributed by atoms with Crippen molar-refractivity contribution in [1.29, 1.82) is 0 Å². The zero-order valence-corrected chi connectivity index (χ0v) is 28.1. The van der Waals surface area contributed by atoms with Crippen LogP contribution in [-0.4, -0.2) is 0 Å². The molecule has 53 heavy (non-hydrogen) atoms. The van der Waals surface area contributed by atoms with Crippen LogP contribution < -0.4 is 4.74 Å². The number of benzene rings is 10. The maximum atomic E-state index is 9.11. The van der Waals surface area contributed by atoms with Crippen molar-refractivity contribution in [1.82, 2.24) is 0 Å². The molecule has 0 saturated heterocycles. The smallest absolute Gasteiger partial charge is 0.135 e. The van der Waals surface area contributed by atoms with Crippen LogP contribution in [0.1, 0.15) is 13.7 Å². The molecule has 1 aliphatic heterocycles. The van der Waals surface area contributed by atoms with E-state index in [-0.39, 0.29) is 47.4 Å². The van der Waals surface area contributed by atoms with Gasteiger partial charge in [0.2, 0.25) is 0 Å². The van der Waals surface area contributed by atoms with Gasteiger partial charge in [0.15, 0.2) is 0 Å². The predicted octanol–water partition coefficient (Wildman–Crippen LogP) is 14.7. The van der Waals surface area contributed by atoms with Crippen molar-refractivity contribution in [2.45, 2.75) is 0 Å². The van der Waals surface area contributed by atoms with Gasteiger partial charge in [-0.25, -0.2) is 0 Å². The topological polar surface area (TPSA) is 9.23 Å². The Kier molecular flexibility index (Phi) is 4.77. The van der Waals surface area contributed by atoms with Crippen LogP contribution in [0, 0.1) is 0 Å². The van der Waals surface area contributed by atoms with Crippen LogP contribution in [0.5, 0.6) is 11.5 Å². The summed E-state index contributed by atoms with van der Waals surface area (Å²) >= 11 is 0. The summed E-state index contributed by atoms with van der Waals surface area (Å²) in [5.41, 5.74) is 6.66. The predicted molar refractivity (Wildman–Crippen MR) is 224 cm³/mol. The van der Waals surface area contributed by atoms with E-state index in [1.165, 1.54) is 0 Å². The highest BCUT2D eigenvalue weighted by atomic mass is 16.5. The third-order valence-corrected chi connectivity index (χ3v) is 10.4. The van der Waals surface area contributed by atoms with Gasteiger partial charge < -0.3 is 4.74 Å². The zero-order valence-electron chi connectivity index (χ0n) is 38.1. The van der Waals surface area contributed by atoms with Crippen molar-refractivity contribution in [3.8, 4) is 67.1 Å². The molecule has 0 radical (unpaired) electrons. The molecule has 10 aromatic rings. The highest BCUT2D eigenvalue weighted by molar-refractivity contribution is 6.28. The van der Waals surface area contributed by atoms with Gasteiger partial charge in [-0.15, -0.1) is 0 Å². The van der Waals surface area contributed by atoms with Crippen molar-refractivity contribution in [3.05, 3.63) is 194 Å². The summed E-state index contributed by atoms with van der Waals surface area (Å²) in [5.74, 6) is 1.27. The Morgan fingerprint density at radius 3 is 1.83 bits per heavy atom. The Morgan fingerprint density at radius 2 is 1.00 bits per heavy atom. The molecule has 0 bridgehead atoms. The molecule has 1 aliphatic rings. The summed E-state index contributed by atoms with van der Waals surface area (Å²) in [4.78, 5) is 0. The quantitative estimate of drug-likeness (QED) is 0.133. The van der Waals surface area contributed by atoms with Crippen LogP contribution >= 0.6 is 0 Å². The SMILES string of the molecule is [2H]c1c([2H])c([2H])c(-c2ccc3c(c2)-c2cc(-c4cccc(-c5c6ccccc6c(-c6c([2H])c([2H])c([2H])c([2H])c6[2H])c6c5ccc5ccccc56)c4)cc4cccc(c24)O3)c([2H])c1[2H]. The van der Waals surface area contributed by atoms with Crippen LogP contribution in [-0.2, 0) is 0 Å². The van der Waals surface area contributed by atoms with E-state index < -0.39 is 24.2 Å². The first-order valence-corrected chi connectivity index (χ1v) is 17.4. The minimum Gasteiger partial charge on any atom is -0.456 e. The lowest BCUT2D eigenvalue weighted by molar-refractivity contribution is 0.487. The van der Waals surface area contributed by atoms with E-state index in [0.29, 0.717) is 22.6 Å². The van der Waals surface area contributed by atoms with Crippen LogP contribution in [0.4, 0.5) is 0 Å². The molecule has 0 saturated carbocycles. The summed E-state index contributed by atoms with van der Waals surface area (Å²) in [6.07, 6.45) is 0. The van der Waals surface area contributed by atoms with Gasteiger partial charge in [0.1, 0.15) is 11.5 Å². The molecule has 0 amide bonds. The largest absolute Gasteiger partial charge is 0.456 e. The van der Waals surface area contributed by atoms with Gasteiger partial charge in [-0.05, 0) is 124 Å². The minimum atomic E-state index is -0.444. The molecule has 246 valence electrons. The summed E-state index contributed by atoms with van der Waals surface area (Å²) < 4.78 is 92.3. The molecule has 0 spiro atoms. The maximum Gasteiger partial charge on any atom is 0.135 e. The summed E-state index contributed by atoms with van der Waals surface area (Å²) in [6, 6.07) is 40.2. The lowest BCUT2D eigenvalue weighted by Gasteiger charge is -2.23. The van der Waals surface area contributed by atoms with Crippen molar-refractivity contribution in [2.24, 2.45) is 0 Å². The Morgan fingerprint density at radius 1 is 0.340 bits per heavy atom. The second-order valence-electron chi connectivity index (χ2n) is 13.3. The molecule has 0 fully saturated rings. The summed E-state index contributed by atoms with van der Waals surface area (Å²) in [5, 5.41) is 6.98. The molecule has 0 N–H and O–H groups in total. The first kappa shape index (κ1) is 21.4. The average Bonchev–Trinajstić information content (AvgIpc) is 3.31. The third kappa shape index (κ3) is 4.71. The monoisotopic (exact) mass is 682 g/mol. The molecule has 0 unspecified atom stereocenters. The van der Waals surface area contributed by atoms with E-state index >= 15 is 0 Å². The zero-order chi connectivity index (χ0) is 43.6. The Hall–Kier alpha value is -6.96. The lowest BCUT2D eigenvalue weighted by atomic mass is 9.83. The first-order valence-electron chi connectivity index (χ1n) is 22.4. The Bertz CT molecular complexity index is 3610. The Balaban J connectivity index is 1.16. The molecule has 0 aliphatic carbocycles. The second-order valence-corrected chi connectivity index (χ2v) is 13.3. The molecule has 11 rings (SSSR count). The van der Waals surface area contributed by atoms with E-state index in [1.807, 2.05) is 78.9 Å². The van der Waals surface area contributed by atoms with Gasteiger partial charge in [0.25, 0.3) is 0 Å². The summed E-state index contributed by atoms with van der Waals surface area (Å²) in [6.45, 7) is 0. The van der Waals surface area contributed by atoms with Crippen molar-refractivity contribution in [3.63, 3.8) is 0 Å². The highest BCUT2D eigenvalue weighted by Gasteiger charge is 2.23. The molecule has 1 heterocycles. The van der Waals surface area contributed by atoms with E-state index in [2.05, 4.69) is 42.5 Å². The number of ether oxygens (including phenoxy) is 1. The van der Waals surface area contributed by atoms with E-state index in [9.17, 15) is 0 Å². The van der Waals surface area contributed by atoms with E-state index in [0.717, 1.165) is 76.5 Å². The second kappa shape index (κ2) is 11.8. The van der Waals surface area contributed by atoms with Gasteiger partial charge in [0, 0.05) is 10.9 Å². The number of hydrogen-bond donors (Lipinski definition) is 0. The van der Waals surface area contributed by atoms with Gasteiger partial charge in [-0.2, -0.15) is 0 Å². The molecule has 1 nitrogen and oxygen atoms in total. The molecular formula is C52H32O. The van der Waals surface area contributed by atoms with Gasteiger partial charge >= 0.3 is 0 Å². The number of fused-ring (bicyclic) bond motifs is 6. The number of rotatable bonds is 4. The van der Waals surface area contributed by atoms with Crippen molar-refractivity contribution >= 4 is 43.1 Å². The fourth-order valence-electron chi connectivity index (χ4n) is 8.10.